The van der Waals surface area contributed by atoms with Crippen LogP contribution in [0.25, 0.3) is 0 Å². The van der Waals surface area contributed by atoms with Gasteiger partial charge in [-0.2, -0.15) is 0 Å². The fraction of sp³-hybridized carbons (Fsp3) is 0.650. The van der Waals surface area contributed by atoms with Crippen molar-refractivity contribution in [3.63, 3.8) is 0 Å². The van der Waals surface area contributed by atoms with Gasteiger partial charge in [-0.3, -0.25) is 4.99 Å². The van der Waals surface area contributed by atoms with Crippen molar-refractivity contribution in [2.24, 2.45) is 10.9 Å². The molecule has 0 bridgehead atoms. The number of aliphatic hydroxyl groups excluding tert-OH is 1. The normalized spacial score (nSPS) is 18.5. The molecule has 3 atom stereocenters. The van der Waals surface area contributed by atoms with E-state index in [1.807, 2.05) is 13.0 Å². The summed E-state index contributed by atoms with van der Waals surface area (Å²) in [7, 11) is 0. The third-order valence-electron chi connectivity index (χ3n) is 4.60. The molecule has 1 fully saturated rings. The molecule has 1 aliphatic rings. The van der Waals surface area contributed by atoms with E-state index >= 15 is 0 Å². The lowest BCUT2D eigenvalue weighted by Crippen LogP contribution is -2.44. The van der Waals surface area contributed by atoms with Gasteiger partial charge >= 0.3 is 0 Å². The predicted octanol–water partition coefficient (Wildman–Crippen LogP) is 2.52. The quantitative estimate of drug-likeness (QED) is 0.449. The number of ether oxygens (including phenoxy) is 1. The minimum absolute atomic E-state index is 0.225. The van der Waals surface area contributed by atoms with Crippen molar-refractivity contribution in [3.05, 3.63) is 35.9 Å². The number of hydrogen-bond acceptors (Lipinski definition) is 3. The first-order valence-corrected chi connectivity index (χ1v) is 9.45. The number of benzene rings is 1. The first-order chi connectivity index (χ1) is 12.1. The number of hydrogen-bond donors (Lipinski definition) is 3. The number of guanidine groups is 1. The van der Waals surface area contributed by atoms with Crippen molar-refractivity contribution in [2.75, 3.05) is 26.3 Å². The van der Waals surface area contributed by atoms with Crippen LogP contribution in [-0.4, -0.2) is 49.5 Å². The summed E-state index contributed by atoms with van der Waals surface area (Å²) in [6.45, 7) is 8.65. The van der Waals surface area contributed by atoms with Crippen molar-refractivity contribution in [1.29, 1.82) is 0 Å². The van der Waals surface area contributed by atoms with Gasteiger partial charge in [0.05, 0.1) is 19.3 Å². The van der Waals surface area contributed by atoms with Gasteiger partial charge in [-0.1, -0.05) is 37.3 Å². The molecular formula is C20H33N3O2. The largest absolute Gasteiger partial charge is 0.389 e. The van der Waals surface area contributed by atoms with Crippen LogP contribution in [-0.2, 0) is 4.74 Å². The Labute approximate surface area is 151 Å². The highest BCUT2D eigenvalue weighted by atomic mass is 16.5. The zero-order chi connectivity index (χ0) is 18.1. The van der Waals surface area contributed by atoms with Gasteiger partial charge in [0.1, 0.15) is 0 Å². The Balaban J connectivity index is 1.80. The minimum Gasteiger partial charge on any atom is -0.389 e. The molecule has 0 aliphatic heterocycles. The van der Waals surface area contributed by atoms with E-state index in [1.165, 1.54) is 18.4 Å². The summed E-state index contributed by atoms with van der Waals surface area (Å²) in [5.74, 6) is 1.81. The molecule has 1 aliphatic carbocycles. The molecule has 1 saturated carbocycles. The lowest BCUT2D eigenvalue weighted by molar-refractivity contribution is 0.0368. The fourth-order valence-corrected chi connectivity index (χ4v) is 2.61. The van der Waals surface area contributed by atoms with E-state index in [9.17, 15) is 5.11 Å². The van der Waals surface area contributed by atoms with Crippen LogP contribution in [0.3, 0.4) is 0 Å². The molecule has 0 radical (unpaired) electrons. The number of nitrogens with zero attached hydrogens (tertiary/aromatic N) is 1. The lowest BCUT2D eigenvalue weighted by Gasteiger charge is -2.24. The van der Waals surface area contributed by atoms with Crippen molar-refractivity contribution < 1.29 is 9.84 Å². The molecule has 140 valence electrons. The Morgan fingerprint density at radius 3 is 2.64 bits per heavy atom. The predicted molar refractivity (Wildman–Crippen MR) is 103 cm³/mol. The second-order valence-corrected chi connectivity index (χ2v) is 6.99. The third kappa shape index (κ3) is 7.45. The number of aliphatic imine (C=N–C) groups is 1. The van der Waals surface area contributed by atoms with Gasteiger partial charge < -0.3 is 20.5 Å². The third-order valence-corrected chi connectivity index (χ3v) is 4.60. The standard InChI is InChI=1S/C20H33N3O2/c1-4-21-20(22-12-19(24)14-25-13-17-10-11-17)23-16(3)15(2)18-8-6-5-7-9-18/h5-9,15-17,19,24H,4,10-14H2,1-3H3,(H2,21,22,23). The second kappa shape index (κ2) is 10.4. The topological polar surface area (TPSA) is 65.9 Å². The smallest absolute Gasteiger partial charge is 0.191 e. The van der Waals surface area contributed by atoms with Crippen molar-refractivity contribution in [1.82, 2.24) is 10.6 Å². The molecule has 1 aromatic carbocycles. The van der Waals surface area contributed by atoms with E-state index < -0.39 is 6.10 Å². The molecule has 2 rings (SSSR count). The van der Waals surface area contributed by atoms with Crippen LogP contribution in [0, 0.1) is 5.92 Å². The molecule has 0 amide bonds. The molecule has 0 heterocycles. The van der Waals surface area contributed by atoms with Gasteiger partial charge in [0.15, 0.2) is 5.96 Å². The Kier molecular flexibility index (Phi) is 8.22. The van der Waals surface area contributed by atoms with E-state index in [4.69, 9.17) is 4.74 Å². The monoisotopic (exact) mass is 347 g/mol. The van der Waals surface area contributed by atoms with E-state index in [2.05, 4.69) is 53.7 Å². The maximum Gasteiger partial charge on any atom is 0.191 e. The zero-order valence-electron chi connectivity index (χ0n) is 15.7. The van der Waals surface area contributed by atoms with Gasteiger partial charge in [-0.15, -0.1) is 0 Å². The molecule has 5 nitrogen and oxygen atoms in total. The lowest BCUT2D eigenvalue weighted by atomic mass is 9.94. The molecule has 0 aromatic heterocycles. The minimum atomic E-state index is -0.559. The van der Waals surface area contributed by atoms with Gasteiger partial charge in [-0.25, -0.2) is 0 Å². The van der Waals surface area contributed by atoms with Gasteiger partial charge in [0.25, 0.3) is 0 Å². The van der Waals surface area contributed by atoms with Crippen LogP contribution in [0.4, 0.5) is 0 Å². The van der Waals surface area contributed by atoms with Crippen LogP contribution in [0.5, 0.6) is 0 Å². The SMILES string of the molecule is CCNC(=NCC(O)COCC1CC1)NC(C)C(C)c1ccccc1. The van der Waals surface area contributed by atoms with Crippen molar-refractivity contribution in [3.8, 4) is 0 Å². The maximum atomic E-state index is 10.0. The second-order valence-electron chi connectivity index (χ2n) is 6.99. The van der Waals surface area contributed by atoms with Crippen molar-refractivity contribution >= 4 is 5.96 Å². The summed E-state index contributed by atoms with van der Waals surface area (Å²) in [5.41, 5.74) is 1.30. The molecule has 3 unspecified atom stereocenters. The Bertz CT molecular complexity index is 517. The van der Waals surface area contributed by atoms with Crippen LogP contribution in [0.15, 0.2) is 35.3 Å². The average Bonchev–Trinajstić information content (AvgIpc) is 3.44. The van der Waals surface area contributed by atoms with Crippen LogP contribution >= 0.6 is 0 Å². The molecule has 0 saturated heterocycles. The first-order valence-electron chi connectivity index (χ1n) is 9.45. The van der Waals surface area contributed by atoms with Crippen molar-refractivity contribution in [2.45, 2.75) is 51.7 Å². The van der Waals surface area contributed by atoms with Crippen LogP contribution < -0.4 is 10.6 Å². The summed E-state index contributed by atoms with van der Waals surface area (Å²) in [4.78, 5) is 4.51. The van der Waals surface area contributed by atoms with E-state index in [1.54, 1.807) is 0 Å². The molecule has 5 heteroatoms. The molecule has 1 aromatic rings. The highest BCUT2D eigenvalue weighted by molar-refractivity contribution is 5.80. The Morgan fingerprint density at radius 1 is 1.28 bits per heavy atom. The molecule has 3 N–H and O–H groups in total. The van der Waals surface area contributed by atoms with Gasteiger partial charge in [0, 0.05) is 25.1 Å². The van der Waals surface area contributed by atoms with E-state index in [0.717, 1.165) is 25.0 Å². The summed E-state index contributed by atoms with van der Waals surface area (Å²) < 4.78 is 5.53. The van der Waals surface area contributed by atoms with Gasteiger partial charge in [0.2, 0.25) is 0 Å². The average molecular weight is 348 g/mol. The number of rotatable bonds is 10. The maximum absolute atomic E-state index is 10.0. The molecule has 0 spiro atoms. The summed E-state index contributed by atoms with van der Waals surface area (Å²) in [6, 6.07) is 10.7. The van der Waals surface area contributed by atoms with E-state index in [0.29, 0.717) is 19.1 Å². The summed E-state index contributed by atoms with van der Waals surface area (Å²) >= 11 is 0. The Morgan fingerprint density at radius 2 is 2.00 bits per heavy atom. The fourth-order valence-electron chi connectivity index (χ4n) is 2.61. The Hall–Kier alpha value is -1.59. The number of nitrogens with one attached hydrogen (secondary N) is 2. The summed E-state index contributed by atoms with van der Waals surface area (Å²) in [6.07, 6.45) is 1.97. The molecule has 25 heavy (non-hydrogen) atoms. The highest BCUT2D eigenvalue weighted by Gasteiger charge is 2.21. The van der Waals surface area contributed by atoms with Crippen LogP contribution in [0.2, 0.25) is 0 Å². The van der Waals surface area contributed by atoms with Crippen LogP contribution in [0.1, 0.15) is 45.1 Å². The first kappa shape index (κ1) is 19.7. The number of aliphatic hydroxyl groups is 1. The molecular weight excluding hydrogens is 314 g/mol. The zero-order valence-corrected chi connectivity index (χ0v) is 15.7. The van der Waals surface area contributed by atoms with Gasteiger partial charge in [-0.05, 0) is 38.2 Å². The van der Waals surface area contributed by atoms with E-state index in [-0.39, 0.29) is 6.04 Å². The summed E-state index contributed by atoms with van der Waals surface area (Å²) in [5, 5.41) is 16.7. The highest BCUT2D eigenvalue weighted by Crippen LogP contribution is 2.28.